The highest BCUT2D eigenvalue weighted by atomic mass is 16.5. The molecule has 1 aliphatic heterocycles. The van der Waals surface area contributed by atoms with E-state index in [4.69, 9.17) is 14.8 Å². The number of piperidine rings is 1. The van der Waals surface area contributed by atoms with E-state index >= 15 is 0 Å². The molecule has 7 nitrogen and oxygen atoms in total. The normalized spacial score (nSPS) is 18.3. The van der Waals surface area contributed by atoms with Gasteiger partial charge in [0.15, 0.2) is 5.52 Å². The molecule has 170 valence electrons. The van der Waals surface area contributed by atoms with E-state index in [9.17, 15) is 4.79 Å². The standard InChI is InChI=1S/C25H33N5O2/c1-17-22-23(30(28-17)19-9-5-3-6-10-19)25(31)27-24(26-22)20-12-11-18(15-21(20)32-2)16-29-13-7-4-8-14-29/h11-12,15,19H,3-10,13-14,16H2,1-2H3,(H,26,27,31). The van der Waals surface area contributed by atoms with Gasteiger partial charge < -0.3 is 9.72 Å². The molecule has 2 aliphatic rings. The molecular weight excluding hydrogens is 402 g/mol. The number of rotatable bonds is 5. The van der Waals surface area contributed by atoms with Gasteiger partial charge in [-0.05, 0) is 63.4 Å². The summed E-state index contributed by atoms with van der Waals surface area (Å²) in [5, 5.41) is 4.73. The van der Waals surface area contributed by atoms with Gasteiger partial charge in [0.05, 0.1) is 24.4 Å². The lowest BCUT2D eigenvalue weighted by atomic mass is 9.95. The van der Waals surface area contributed by atoms with Crippen LogP contribution in [0.15, 0.2) is 23.0 Å². The number of methoxy groups -OCH3 is 1. The molecule has 0 bridgehead atoms. The number of benzene rings is 1. The molecule has 0 spiro atoms. The van der Waals surface area contributed by atoms with E-state index in [1.165, 1.54) is 44.1 Å². The van der Waals surface area contributed by atoms with Crippen LogP contribution in [0.5, 0.6) is 5.75 Å². The minimum atomic E-state index is -0.129. The molecular formula is C25H33N5O2. The molecule has 0 amide bonds. The van der Waals surface area contributed by atoms with Crippen molar-refractivity contribution in [1.82, 2.24) is 24.6 Å². The van der Waals surface area contributed by atoms with Crippen molar-refractivity contribution in [3.63, 3.8) is 0 Å². The Morgan fingerprint density at radius 2 is 1.84 bits per heavy atom. The summed E-state index contributed by atoms with van der Waals surface area (Å²) < 4.78 is 7.64. The highest BCUT2D eigenvalue weighted by Crippen LogP contribution is 2.32. The summed E-state index contributed by atoms with van der Waals surface area (Å²) in [6.07, 6.45) is 9.67. The van der Waals surface area contributed by atoms with Gasteiger partial charge in [-0.15, -0.1) is 0 Å². The summed E-state index contributed by atoms with van der Waals surface area (Å²) in [6.45, 7) is 5.17. The average molecular weight is 436 g/mol. The Morgan fingerprint density at radius 3 is 2.59 bits per heavy atom. The fourth-order valence-electron chi connectivity index (χ4n) is 5.31. The van der Waals surface area contributed by atoms with Crippen molar-refractivity contribution in [3.05, 3.63) is 39.8 Å². The molecule has 2 aromatic heterocycles. The Kier molecular flexibility index (Phi) is 6.00. The number of H-pyrrole nitrogens is 1. The second kappa shape index (κ2) is 9.06. The summed E-state index contributed by atoms with van der Waals surface area (Å²) in [5.41, 5.74) is 3.98. The number of likely N-dealkylation sites (tertiary alicyclic amines) is 1. The SMILES string of the molecule is COc1cc(CN2CCCCC2)ccc1-c1nc2c(C)nn(C3CCCCC3)c2c(=O)[nH]1. The van der Waals surface area contributed by atoms with Gasteiger partial charge in [-0.3, -0.25) is 14.4 Å². The van der Waals surface area contributed by atoms with Crippen LogP contribution in [0, 0.1) is 6.92 Å². The average Bonchev–Trinajstić information content (AvgIpc) is 3.17. The third-order valence-corrected chi connectivity index (χ3v) is 7.02. The van der Waals surface area contributed by atoms with E-state index in [-0.39, 0.29) is 11.6 Å². The van der Waals surface area contributed by atoms with Crippen molar-refractivity contribution < 1.29 is 4.74 Å². The molecule has 1 aromatic carbocycles. The van der Waals surface area contributed by atoms with Crippen LogP contribution in [0.2, 0.25) is 0 Å². The molecule has 1 N–H and O–H groups in total. The predicted molar refractivity (Wildman–Crippen MR) is 126 cm³/mol. The van der Waals surface area contributed by atoms with Crippen molar-refractivity contribution in [2.24, 2.45) is 0 Å². The molecule has 3 aromatic rings. The molecule has 2 fully saturated rings. The van der Waals surface area contributed by atoms with E-state index in [1.807, 2.05) is 17.7 Å². The third kappa shape index (κ3) is 4.06. The van der Waals surface area contributed by atoms with Gasteiger partial charge in [-0.1, -0.05) is 31.7 Å². The maximum absolute atomic E-state index is 13.2. The fourth-order valence-corrected chi connectivity index (χ4v) is 5.31. The number of nitrogens with zero attached hydrogens (tertiary/aromatic N) is 4. The molecule has 5 rings (SSSR count). The Bertz CT molecular complexity index is 1150. The van der Waals surface area contributed by atoms with Gasteiger partial charge in [-0.2, -0.15) is 5.10 Å². The van der Waals surface area contributed by atoms with E-state index in [2.05, 4.69) is 22.0 Å². The maximum Gasteiger partial charge on any atom is 0.277 e. The summed E-state index contributed by atoms with van der Waals surface area (Å²) in [7, 11) is 1.67. The van der Waals surface area contributed by atoms with Gasteiger partial charge in [0.1, 0.15) is 17.1 Å². The van der Waals surface area contributed by atoms with Gasteiger partial charge >= 0.3 is 0 Å². The van der Waals surface area contributed by atoms with Gasteiger partial charge in [0.25, 0.3) is 5.56 Å². The van der Waals surface area contributed by atoms with Gasteiger partial charge in [0.2, 0.25) is 0 Å². The first-order chi connectivity index (χ1) is 15.6. The van der Waals surface area contributed by atoms with E-state index < -0.39 is 0 Å². The quantitative estimate of drug-likeness (QED) is 0.634. The monoisotopic (exact) mass is 435 g/mol. The highest BCUT2D eigenvalue weighted by molar-refractivity contribution is 5.79. The first-order valence-corrected chi connectivity index (χ1v) is 12.0. The van der Waals surface area contributed by atoms with Crippen molar-refractivity contribution >= 4 is 11.0 Å². The number of hydrogen-bond acceptors (Lipinski definition) is 5. The Balaban J connectivity index is 1.50. The van der Waals surface area contributed by atoms with E-state index in [0.717, 1.165) is 49.5 Å². The lowest BCUT2D eigenvalue weighted by Gasteiger charge is -2.26. The number of aryl methyl sites for hydroxylation is 1. The van der Waals surface area contributed by atoms with Gasteiger partial charge in [0, 0.05) is 6.54 Å². The van der Waals surface area contributed by atoms with Crippen LogP contribution in [0.25, 0.3) is 22.4 Å². The highest BCUT2D eigenvalue weighted by Gasteiger charge is 2.23. The Morgan fingerprint density at radius 1 is 1.09 bits per heavy atom. The summed E-state index contributed by atoms with van der Waals surface area (Å²) in [6, 6.07) is 6.50. The molecule has 3 heterocycles. The minimum Gasteiger partial charge on any atom is -0.496 e. The Hall–Kier alpha value is -2.67. The largest absolute Gasteiger partial charge is 0.496 e. The van der Waals surface area contributed by atoms with Crippen molar-refractivity contribution in [1.29, 1.82) is 0 Å². The third-order valence-electron chi connectivity index (χ3n) is 7.02. The first-order valence-electron chi connectivity index (χ1n) is 12.0. The number of aromatic nitrogens is 4. The lowest BCUT2D eigenvalue weighted by molar-refractivity contribution is 0.220. The predicted octanol–water partition coefficient (Wildman–Crippen LogP) is 4.59. The Labute approximate surface area is 188 Å². The van der Waals surface area contributed by atoms with Crippen LogP contribution in [0.4, 0.5) is 0 Å². The molecule has 1 saturated heterocycles. The molecule has 0 unspecified atom stereocenters. The van der Waals surface area contributed by atoms with E-state index in [0.29, 0.717) is 16.9 Å². The maximum atomic E-state index is 13.2. The van der Waals surface area contributed by atoms with Crippen LogP contribution in [-0.2, 0) is 6.54 Å². The molecule has 1 saturated carbocycles. The number of nitrogens with one attached hydrogen (secondary N) is 1. The second-order valence-electron chi connectivity index (χ2n) is 9.31. The zero-order valence-electron chi connectivity index (χ0n) is 19.2. The topological polar surface area (TPSA) is 76.0 Å². The van der Waals surface area contributed by atoms with Crippen molar-refractivity contribution in [2.75, 3.05) is 20.2 Å². The zero-order chi connectivity index (χ0) is 22.1. The summed E-state index contributed by atoms with van der Waals surface area (Å²) in [4.78, 5) is 23.5. The minimum absolute atomic E-state index is 0.129. The van der Waals surface area contributed by atoms with Crippen molar-refractivity contribution in [3.8, 4) is 17.1 Å². The number of hydrogen-bond donors (Lipinski definition) is 1. The van der Waals surface area contributed by atoms with E-state index in [1.54, 1.807) is 7.11 Å². The fraction of sp³-hybridized carbons (Fsp3) is 0.560. The number of ether oxygens (including phenoxy) is 1. The molecule has 1 aliphatic carbocycles. The van der Waals surface area contributed by atoms with Crippen LogP contribution in [0.3, 0.4) is 0 Å². The summed E-state index contributed by atoms with van der Waals surface area (Å²) >= 11 is 0. The number of aromatic amines is 1. The van der Waals surface area contributed by atoms with Crippen LogP contribution in [0.1, 0.15) is 68.7 Å². The smallest absolute Gasteiger partial charge is 0.277 e. The summed E-state index contributed by atoms with van der Waals surface area (Å²) in [5.74, 6) is 1.27. The molecule has 32 heavy (non-hydrogen) atoms. The number of fused-ring (bicyclic) bond motifs is 1. The second-order valence-corrected chi connectivity index (χ2v) is 9.31. The first kappa shape index (κ1) is 21.2. The molecule has 7 heteroatoms. The zero-order valence-corrected chi connectivity index (χ0v) is 19.2. The van der Waals surface area contributed by atoms with Crippen LogP contribution >= 0.6 is 0 Å². The van der Waals surface area contributed by atoms with Gasteiger partial charge in [-0.25, -0.2) is 4.98 Å². The molecule has 0 atom stereocenters. The lowest BCUT2D eigenvalue weighted by Crippen LogP contribution is -2.29. The van der Waals surface area contributed by atoms with Crippen LogP contribution < -0.4 is 10.3 Å². The van der Waals surface area contributed by atoms with Crippen molar-refractivity contribution in [2.45, 2.75) is 70.9 Å². The molecule has 0 radical (unpaired) electrons. The van der Waals surface area contributed by atoms with Crippen LogP contribution in [-0.4, -0.2) is 44.8 Å².